The summed E-state index contributed by atoms with van der Waals surface area (Å²) in [4.78, 5) is 38.4. The average Bonchev–Trinajstić information content (AvgIpc) is 3.47. The van der Waals surface area contributed by atoms with Crippen LogP contribution in [0.1, 0.15) is 387 Å². The number of esters is 3. The second-order valence-corrected chi connectivity index (χ2v) is 24.5. The molecule has 0 aliphatic rings. The van der Waals surface area contributed by atoms with Gasteiger partial charge in [-0.1, -0.05) is 364 Å². The van der Waals surface area contributed by atoms with E-state index in [0.717, 1.165) is 96.3 Å². The summed E-state index contributed by atoms with van der Waals surface area (Å²) in [6, 6.07) is 0. The van der Waals surface area contributed by atoms with Gasteiger partial charge < -0.3 is 14.2 Å². The number of hydrogen-bond acceptors (Lipinski definition) is 6. The van der Waals surface area contributed by atoms with Gasteiger partial charge >= 0.3 is 17.9 Å². The van der Waals surface area contributed by atoms with Crippen molar-refractivity contribution in [2.75, 3.05) is 13.2 Å². The summed E-state index contributed by atoms with van der Waals surface area (Å²) in [5.74, 6) is -0.855. The summed E-state index contributed by atoms with van der Waals surface area (Å²) < 4.78 is 17.0. The van der Waals surface area contributed by atoms with Crippen LogP contribution in [0.4, 0.5) is 0 Å². The summed E-state index contributed by atoms with van der Waals surface area (Å²) in [6.07, 6.45) is 91.3. The van der Waals surface area contributed by atoms with Crippen molar-refractivity contribution in [2.45, 2.75) is 393 Å². The van der Waals surface area contributed by atoms with Gasteiger partial charge in [-0.25, -0.2) is 0 Å². The van der Waals surface area contributed by atoms with Crippen LogP contribution in [0.5, 0.6) is 0 Å². The highest BCUT2D eigenvalue weighted by molar-refractivity contribution is 5.71. The predicted octanol–water partition coefficient (Wildman–Crippen LogP) is 25.1. The molecule has 0 saturated carbocycles. The van der Waals surface area contributed by atoms with E-state index in [9.17, 15) is 14.4 Å². The van der Waals surface area contributed by atoms with Gasteiger partial charge in [0.2, 0.25) is 0 Å². The molecule has 0 saturated heterocycles. The maximum atomic E-state index is 12.9. The standard InChI is InChI=1S/C76H138O6/c1-4-7-10-13-16-19-22-24-26-28-30-32-34-36-37-38-39-41-42-44-46-48-50-52-54-57-60-63-66-69-75(78)81-72-73(71-80-74(77)68-65-62-59-56-21-18-15-12-9-6-3)82-76(79)70-67-64-61-58-55-53-51-49-47-45-43-40-35-33-31-29-27-25-23-20-17-14-11-8-5-2/h8,11,17,20,25,27,31,33,40,43,73H,4-7,9-10,12-16,18-19,21-24,26,28-30,32,34-39,41-42,44-72H2,1-3H3/b11-8-,20-17-,27-25-,33-31-,43-40-. The first-order valence-corrected chi connectivity index (χ1v) is 36.3. The Morgan fingerprint density at radius 3 is 0.744 bits per heavy atom. The molecule has 0 aliphatic carbocycles. The molecule has 0 amide bonds. The van der Waals surface area contributed by atoms with Crippen LogP contribution in [-0.4, -0.2) is 37.2 Å². The monoisotopic (exact) mass is 1150 g/mol. The molecule has 0 aliphatic heterocycles. The number of carbonyl (C=O) groups excluding carboxylic acids is 3. The fraction of sp³-hybridized carbons (Fsp3) is 0.829. The van der Waals surface area contributed by atoms with Crippen molar-refractivity contribution in [2.24, 2.45) is 0 Å². The summed E-state index contributed by atoms with van der Waals surface area (Å²) in [6.45, 7) is 6.57. The van der Waals surface area contributed by atoms with Gasteiger partial charge in [0.1, 0.15) is 13.2 Å². The minimum absolute atomic E-state index is 0.0714. The highest BCUT2D eigenvalue weighted by atomic mass is 16.6. The average molecular weight is 1150 g/mol. The number of ether oxygens (including phenoxy) is 3. The first-order chi connectivity index (χ1) is 40.5. The van der Waals surface area contributed by atoms with Crippen LogP contribution in [0.2, 0.25) is 0 Å². The Hall–Kier alpha value is -2.89. The van der Waals surface area contributed by atoms with Gasteiger partial charge in [0, 0.05) is 19.3 Å². The molecule has 6 nitrogen and oxygen atoms in total. The van der Waals surface area contributed by atoms with E-state index in [0.29, 0.717) is 19.3 Å². The molecule has 0 aromatic carbocycles. The van der Waals surface area contributed by atoms with E-state index in [1.165, 1.54) is 250 Å². The van der Waals surface area contributed by atoms with E-state index in [-0.39, 0.29) is 31.1 Å². The molecular formula is C76H138O6. The second kappa shape index (κ2) is 70.6. The highest BCUT2D eigenvalue weighted by Crippen LogP contribution is 2.19. The Morgan fingerprint density at radius 1 is 0.256 bits per heavy atom. The third-order valence-corrected chi connectivity index (χ3v) is 16.3. The molecule has 0 rings (SSSR count). The number of hydrogen-bond donors (Lipinski definition) is 0. The van der Waals surface area contributed by atoms with Crippen molar-refractivity contribution < 1.29 is 28.6 Å². The lowest BCUT2D eigenvalue weighted by molar-refractivity contribution is -0.167. The molecule has 0 N–H and O–H groups in total. The van der Waals surface area contributed by atoms with Crippen LogP contribution >= 0.6 is 0 Å². The molecule has 0 aromatic rings. The molecule has 0 spiro atoms. The third-order valence-electron chi connectivity index (χ3n) is 16.3. The van der Waals surface area contributed by atoms with Crippen LogP contribution in [0.15, 0.2) is 60.8 Å². The smallest absolute Gasteiger partial charge is 0.306 e. The van der Waals surface area contributed by atoms with E-state index in [1.54, 1.807) is 0 Å². The van der Waals surface area contributed by atoms with Crippen LogP contribution < -0.4 is 0 Å². The minimum atomic E-state index is -0.775. The van der Waals surface area contributed by atoms with Crippen molar-refractivity contribution in [3.63, 3.8) is 0 Å². The highest BCUT2D eigenvalue weighted by Gasteiger charge is 2.19. The van der Waals surface area contributed by atoms with Crippen molar-refractivity contribution >= 4 is 17.9 Å². The SMILES string of the molecule is CC/C=C\C/C=C\C/C=C\C/C=C\C/C=C\CCCCCCCCCCCC(=O)OC(COC(=O)CCCCCCCCCCCC)COC(=O)CCCCCCCCCCCCCCCCCCCCCCCCCCCCCCC. The zero-order valence-corrected chi connectivity index (χ0v) is 55.0. The molecule has 1 unspecified atom stereocenters. The topological polar surface area (TPSA) is 78.9 Å². The third kappa shape index (κ3) is 67.9. The lowest BCUT2D eigenvalue weighted by Gasteiger charge is -2.18. The molecule has 478 valence electrons. The summed E-state index contributed by atoms with van der Waals surface area (Å²) >= 11 is 0. The molecule has 0 heterocycles. The molecule has 0 fully saturated rings. The van der Waals surface area contributed by atoms with Gasteiger partial charge in [-0.15, -0.1) is 0 Å². The molecular weight excluding hydrogens is 1010 g/mol. The van der Waals surface area contributed by atoms with Crippen molar-refractivity contribution in [1.29, 1.82) is 0 Å². The maximum Gasteiger partial charge on any atom is 0.306 e. The maximum absolute atomic E-state index is 12.9. The van der Waals surface area contributed by atoms with Crippen LogP contribution in [-0.2, 0) is 28.6 Å². The fourth-order valence-corrected chi connectivity index (χ4v) is 10.9. The van der Waals surface area contributed by atoms with Gasteiger partial charge in [-0.05, 0) is 64.2 Å². The summed E-state index contributed by atoms with van der Waals surface area (Å²) in [5.41, 5.74) is 0. The normalized spacial score (nSPS) is 12.4. The Labute approximate surface area is 510 Å². The Morgan fingerprint density at radius 2 is 0.476 bits per heavy atom. The lowest BCUT2D eigenvalue weighted by Crippen LogP contribution is -2.30. The van der Waals surface area contributed by atoms with E-state index in [2.05, 4.69) is 81.5 Å². The van der Waals surface area contributed by atoms with Crippen molar-refractivity contribution in [1.82, 2.24) is 0 Å². The number of rotatable bonds is 67. The predicted molar refractivity (Wildman–Crippen MR) is 358 cm³/mol. The van der Waals surface area contributed by atoms with E-state index >= 15 is 0 Å². The lowest BCUT2D eigenvalue weighted by atomic mass is 10.0. The van der Waals surface area contributed by atoms with Gasteiger partial charge in [-0.2, -0.15) is 0 Å². The molecule has 0 bridgehead atoms. The Kier molecular flexibility index (Phi) is 68.1. The number of carbonyl (C=O) groups is 3. The molecule has 1 atom stereocenters. The van der Waals surface area contributed by atoms with E-state index < -0.39 is 6.10 Å². The van der Waals surface area contributed by atoms with Gasteiger partial charge in [-0.3, -0.25) is 14.4 Å². The quantitative estimate of drug-likeness (QED) is 0.0261. The fourth-order valence-electron chi connectivity index (χ4n) is 10.9. The molecule has 82 heavy (non-hydrogen) atoms. The van der Waals surface area contributed by atoms with Crippen LogP contribution in [0.3, 0.4) is 0 Å². The zero-order valence-electron chi connectivity index (χ0n) is 55.0. The first kappa shape index (κ1) is 79.1. The Bertz CT molecular complexity index is 1460. The number of allylic oxidation sites excluding steroid dienone is 10. The summed E-state index contributed by atoms with van der Waals surface area (Å²) in [5, 5.41) is 0. The Balaban J connectivity index is 4.14. The molecule has 0 aromatic heterocycles. The van der Waals surface area contributed by atoms with Crippen molar-refractivity contribution in [3.05, 3.63) is 60.8 Å². The van der Waals surface area contributed by atoms with Gasteiger partial charge in [0.15, 0.2) is 6.10 Å². The van der Waals surface area contributed by atoms with E-state index in [1.807, 2.05) is 0 Å². The first-order valence-electron chi connectivity index (χ1n) is 36.3. The van der Waals surface area contributed by atoms with Gasteiger partial charge in [0.25, 0.3) is 0 Å². The number of unbranched alkanes of at least 4 members (excludes halogenated alkanes) is 46. The zero-order chi connectivity index (χ0) is 59.2. The van der Waals surface area contributed by atoms with Gasteiger partial charge in [0.05, 0.1) is 0 Å². The van der Waals surface area contributed by atoms with Crippen molar-refractivity contribution in [3.8, 4) is 0 Å². The summed E-state index contributed by atoms with van der Waals surface area (Å²) in [7, 11) is 0. The molecule has 0 radical (unpaired) electrons. The molecule has 6 heteroatoms. The second-order valence-electron chi connectivity index (χ2n) is 24.5. The van der Waals surface area contributed by atoms with Crippen LogP contribution in [0.25, 0.3) is 0 Å². The van der Waals surface area contributed by atoms with Crippen LogP contribution in [0, 0.1) is 0 Å². The van der Waals surface area contributed by atoms with E-state index in [4.69, 9.17) is 14.2 Å². The minimum Gasteiger partial charge on any atom is -0.462 e. The largest absolute Gasteiger partial charge is 0.462 e.